The standard InChI is InChI=1S/C13H24N6O2/c1-4-18-13(12(19(20)21)11(2)15-18)14-5-6-17-9-7-16(3)8-10-17/h14H,4-10H2,1-3H3. The predicted octanol–water partition coefficient (Wildman–Crippen LogP) is 0.779. The summed E-state index contributed by atoms with van der Waals surface area (Å²) in [6, 6.07) is 0. The van der Waals surface area contributed by atoms with E-state index in [1.54, 1.807) is 11.6 Å². The summed E-state index contributed by atoms with van der Waals surface area (Å²) in [7, 11) is 2.13. The molecule has 118 valence electrons. The van der Waals surface area contributed by atoms with Gasteiger partial charge in [0.05, 0.1) is 4.92 Å². The fourth-order valence-corrected chi connectivity index (χ4v) is 2.60. The maximum Gasteiger partial charge on any atom is 0.333 e. The van der Waals surface area contributed by atoms with Crippen LogP contribution in [0.3, 0.4) is 0 Å². The lowest BCUT2D eigenvalue weighted by Crippen LogP contribution is -2.45. The summed E-state index contributed by atoms with van der Waals surface area (Å²) in [5.41, 5.74) is 0.555. The molecule has 0 unspecified atom stereocenters. The summed E-state index contributed by atoms with van der Waals surface area (Å²) >= 11 is 0. The van der Waals surface area contributed by atoms with Crippen molar-refractivity contribution >= 4 is 11.5 Å². The molecule has 0 aliphatic carbocycles. The molecule has 0 bridgehead atoms. The normalized spacial score (nSPS) is 17.1. The first-order valence-electron chi connectivity index (χ1n) is 7.39. The topological polar surface area (TPSA) is 79.5 Å². The number of anilines is 1. The van der Waals surface area contributed by atoms with Crippen LogP contribution in [0.25, 0.3) is 0 Å². The van der Waals surface area contributed by atoms with Crippen LogP contribution in [0.1, 0.15) is 12.6 Å². The van der Waals surface area contributed by atoms with Gasteiger partial charge in [0.15, 0.2) is 0 Å². The van der Waals surface area contributed by atoms with Crippen LogP contribution in [-0.2, 0) is 6.54 Å². The molecule has 2 heterocycles. The Morgan fingerprint density at radius 1 is 1.33 bits per heavy atom. The van der Waals surface area contributed by atoms with Crippen LogP contribution in [0.4, 0.5) is 11.5 Å². The third kappa shape index (κ3) is 3.70. The maximum atomic E-state index is 11.2. The SMILES string of the molecule is CCn1nc(C)c([N+](=O)[O-])c1NCCN1CCN(C)CC1. The highest BCUT2D eigenvalue weighted by molar-refractivity contribution is 5.59. The largest absolute Gasteiger partial charge is 0.363 e. The van der Waals surface area contributed by atoms with Crippen molar-refractivity contribution in [1.82, 2.24) is 19.6 Å². The molecule has 8 nitrogen and oxygen atoms in total. The van der Waals surface area contributed by atoms with E-state index in [0.29, 0.717) is 24.6 Å². The predicted molar refractivity (Wildman–Crippen MR) is 81.7 cm³/mol. The number of aryl methyl sites for hydroxylation is 2. The summed E-state index contributed by atoms with van der Waals surface area (Å²) in [5, 5.41) is 18.6. The molecule has 2 rings (SSSR count). The minimum atomic E-state index is -0.354. The first-order chi connectivity index (χ1) is 10.0. The van der Waals surface area contributed by atoms with Crippen LogP contribution < -0.4 is 5.32 Å². The lowest BCUT2D eigenvalue weighted by Gasteiger charge is -2.32. The molecule has 1 saturated heterocycles. The van der Waals surface area contributed by atoms with Crippen LogP contribution in [0.15, 0.2) is 0 Å². The number of nitrogens with one attached hydrogen (secondary N) is 1. The number of likely N-dealkylation sites (N-methyl/N-ethyl adjacent to an activating group) is 1. The van der Waals surface area contributed by atoms with Crippen molar-refractivity contribution in [3.8, 4) is 0 Å². The second-order valence-corrected chi connectivity index (χ2v) is 5.43. The van der Waals surface area contributed by atoms with Crippen LogP contribution in [0.5, 0.6) is 0 Å². The third-order valence-corrected chi connectivity index (χ3v) is 3.89. The van der Waals surface area contributed by atoms with Gasteiger partial charge in [0.25, 0.3) is 0 Å². The monoisotopic (exact) mass is 296 g/mol. The summed E-state index contributed by atoms with van der Waals surface area (Å²) < 4.78 is 1.66. The van der Waals surface area contributed by atoms with Crippen molar-refractivity contribution in [1.29, 1.82) is 0 Å². The van der Waals surface area contributed by atoms with E-state index in [0.717, 1.165) is 32.7 Å². The molecule has 1 aliphatic heterocycles. The highest BCUT2D eigenvalue weighted by Crippen LogP contribution is 2.27. The van der Waals surface area contributed by atoms with E-state index < -0.39 is 0 Å². The van der Waals surface area contributed by atoms with E-state index in [-0.39, 0.29) is 10.6 Å². The quantitative estimate of drug-likeness (QED) is 0.617. The van der Waals surface area contributed by atoms with Crippen molar-refractivity contribution in [2.75, 3.05) is 51.6 Å². The molecule has 1 aromatic heterocycles. The molecule has 1 aliphatic rings. The highest BCUT2D eigenvalue weighted by atomic mass is 16.6. The Balaban J connectivity index is 1.95. The van der Waals surface area contributed by atoms with Gasteiger partial charge in [0, 0.05) is 45.8 Å². The molecule has 1 N–H and O–H groups in total. The number of nitrogens with zero attached hydrogens (tertiary/aromatic N) is 5. The highest BCUT2D eigenvalue weighted by Gasteiger charge is 2.24. The second-order valence-electron chi connectivity index (χ2n) is 5.43. The van der Waals surface area contributed by atoms with Crippen molar-refractivity contribution < 1.29 is 4.92 Å². The zero-order valence-electron chi connectivity index (χ0n) is 13.0. The van der Waals surface area contributed by atoms with Gasteiger partial charge in [-0.2, -0.15) is 5.10 Å². The molecule has 0 aromatic carbocycles. The van der Waals surface area contributed by atoms with Gasteiger partial charge < -0.3 is 10.2 Å². The molecule has 1 aromatic rings. The van der Waals surface area contributed by atoms with Gasteiger partial charge in [-0.1, -0.05) is 0 Å². The molecule has 0 atom stereocenters. The van der Waals surface area contributed by atoms with E-state index in [2.05, 4.69) is 27.3 Å². The van der Waals surface area contributed by atoms with E-state index in [9.17, 15) is 10.1 Å². The van der Waals surface area contributed by atoms with Crippen molar-refractivity contribution in [3.63, 3.8) is 0 Å². The molecule has 8 heteroatoms. The first-order valence-corrected chi connectivity index (χ1v) is 7.39. The Morgan fingerprint density at radius 3 is 2.57 bits per heavy atom. The third-order valence-electron chi connectivity index (χ3n) is 3.89. The average molecular weight is 296 g/mol. The fourth-order valence-electron chi connectivity index (χ4n) is 2.60. The van der Waals surface area contributed by atoms with Crippen LogP contribution in [0.2, 0.25) is 0 Å². The molecule has 21 heavy (non-hydrogen) atoms. The Kier molecular flexibility index (Phi) is 5.13. The van der Waals surface area contributed by atoms with Crippen LogP contribution in [0, 0.1) is 17.0 Å². The van der Waals surface area contributed by atoms with Gasteiger partial charge in [0.2, 0.25) is 5.82 Å². The van der Waals surface area contributed by atoms with Crippen LogP contribution in [-0.4, -0.2) is 70.8 Å². The number of nitro groups is 1. The summed E-state index contributed by atoms with van der Waals surface area (Å²) in [5.74, 6) is 0.522. The van der Waals surface area contributed by atoms with Gasteiger partial charge in [0.1, 0.15) is 5.69 Å². The van der Waals surface area contributed by atoms with Crippen LogP contribution >= 0.6 is 0 Å². The zero-order chi connectivity index (χ0) is 15.4. The number of piperazine rings is 1. The van der Waals surface area contributed by atoms with Gasteiger partial charge in [-0.05, 0) is 20.9 Å². The van der Waals surface area contributed by atoms with Crippen molar-refractivity contribution in [3.05, 3.63) is 15.8 Å². The summed E-state index contributed by atoms with van der Waals surface area (Å²) in [6.07, 6.45) is 0. The zero-order valence-corrected chi connectivity index (χ0v) is 13.0. The van der Waals surface area contributed by atoms with Gasteiger partial charge in [-0.3, -0.25) is 15.0 Å². The molecule has 1 fully saturated rings. The van der Waals surface area contributed by atoms with E-state index >= 15 is 0 Å². The Bertz CT molecular complexity index is 493. The Labute approximate surface area is 124 Å². The van der Waals surface area contributed by atoms with Gasteiger partial charge in [-0.15, -0.1) is 0 Å². The number of hydrogen-bond acceptors (Lipinski definition) is 6. The van der Waals surface area contributed by atoms with E-state index in [1.807, 2.05) is 6.92 Å². The first kappa shape index (κ1) is 15.7. The molecular weight excluding hydrogens is 272 g/mol. The number of hydrogen-bond donors (Lipinski definition) is 1. The van der Waals surface area contributed by atoms with Crippen molar-refractivity contribution in [2.24, 2.45) is 0 Å². The Hall–Kier alpha value is -1.67. The molecular formula is C13H24N6O2. The van der Waals surface area contributed by atoms with Gasteiger partial charge >= 0.3 is 5.69 Å². The van der Waals surface area contributed by atoms with Crippen molar-refractivity contribution in [2.45, 2.75) is 20.4 Å². The minimum Gasteiger partial charge on any atom is -0.363 e. The number of aromatic nitrogens is 2. The molecule has 0 radical (unpaired) electrons. The fraction of sp³-hybridized carbons (Fsp3) is 0.769. The maximum absolute atomic E-state index is 11.2. The molecule has 0 saturated carbocycles. The smallest absolute Gasteiger partial charge is 0.333 e. The summed E-state index contributed by atoms with van der Waals surface area (Å²) in [6.45, 7) is 10.1. The second kappa shape index (κ2) is 6.86. The van der Waals surface area contributed by atoms with Gasteiger partial charge in [-0.25, -0.2) is 4.68 Å². The van der Waals surface area contributed by atoms with E-state index in [4.69, 9.17) is 0 Å². The minimum absolute atomic E-state index is 0.0928. The lowest BCUT2D eigenvalue weighted by molar-refractivity contribution is -0.384. The molecule has 0 amide bonds. The molecule has 0 spiro atoms. The number of rotatable bonds is 6. The average Bonchev–Trinajstić information content (AvgIpc) is 2.77. The Morgan fingerprint density at radius 2 is 2.00 bits per heavy atom. The lowest BCUT2D eigenvalue weighted by atomic mass is 10.3. The van der Waals surface area contributed by atoms with E-state index in [1.165, 1.54) is 0 Å². The summed E-state index contributed by atoms with van der Waals surface area (Å²) in [4.78, 5) is 15.5.